The van der Waals surface area contributed by atoms with Gasteiger partial charge in [-0.25, -0.2) is 9.67 Å². The maximum Gasteiger partial charge on any atom is 0.223 e. The number of thiophene rings is 1. The average molecular weight is 346 g/mol. The fourth-order valence-corrected chi connectivity index (χ4v) is 4.49. The lowest BCUT2D eigenvalue weighted by atomic mass is 10.0. The molecule has 0 bridgehead atoms. The van der Waals surface area contributed by atoms with Crippen LogP contribution in [0.5, 0.6) is 0 Å². The lowest BCUT2D eigenvalue weighted by Crippen LogP contribution is -2.34. The summed E-state index contributed by atoms with van der Waals surface area (Å²) in [6.45, 7) is 3.63. The highest BCUT2D eigenvalue weighted by atomic mass is 32.1. The minimum absolute atomic E-state index is 0.0285. The van der Waals surface area contributed by atoms with Gasteiger partial charge in [0.1, 0.15) is 11.9 Å². The Morgan fingerprint density at radius 1 is 1.54 bits per heavy atom. The number of aromatic nitrogens is 3. The van der Waals surface area contributed by atoms with E-state index in [9.17, 15) is 4.79 Å². The lowest BCUT2D eigenvalue weighted by Gasteiger charge is -2.26. The number of nitrogens with zero attached hydrogens (tertiary/aromatic N) is 3. The zero-order valence-corrected chi connectivity index (χ0v) is 14.6. The number of carbonyl (C=O) groups excluding carboxylic acids is 1. The van der Waals surface area contributed by atoms with Crippen molar-refractivity contribution in [2.24, 2.45) is 0 Å². The second-order valence-corrected chi connectivity index (χ2v) is 7.30. The van der Waals surface area contributed by atoms with Crippen molar-refractivity contribution in [2.75, 3.05) is 6.61 Å². The van der Waals surface area contributed by atoms with E-state index in [1.165, 1.54) is 10.4 Å². The van der Waals surface area contributed by atoms with Gasteiger partial charge in [0.15, 0.2) is 5.82 Å². The second-order valence-electron chi connectivity index (χ2n) is 6.35. The van der Waals surface area contributed by atoms with E-state index < -0.39 is 0 Å². The Labute approximate surface area is 145 Å². The maximum absolute atomic E-state index is 12.6. The number of carbonyl (C=O) groups is 1. The van der Waals surface area contributed by atoms with Crippen LogP contribution in [0.2, 0.25) is 0 Å². The van der Waals surface area contributed by atoms with Crippen molar-refractivity contribution in [1.82, 2.24) is 20.1 Å². The highest BCUT2D eigenvalue weighted by molar-refractivity contribution is 7.10. The molecule has 2 aromatic rings. The molecule has 0 radical (unpaired) electrons. The molecular weight excluding hydrogens is 324 g/mol. The van der Waals surface area contributed by atoms with Crippen LogP contribution in [0.1, 0.15) is 60.4 Å². The van der Waals surface area contributed by atoms with Gasteiger partial charge in [0.2, 0.25) is 5.91 Å². The van der Waals surface area contributed by atoms with Crippen LogP contribution in [0.3, 0.4) is 0 Å². The molecule has 4 heterocycles. The van der Waals surface area contributed by atoms with E-state index >= 15 is 0 Å². The monoisotopic (exact) mass is 346 g/mol. The third kappa shape index (κ3) is 2.98. The molecule has 128 valence electrons. The molecule has 0 aliphatic carbocycles. The first kappa shape index (κ1) is 15.8. The van der Waals surface area contributed by atoms with Crippen LogP contribution in [-0.4, -0.2) is 27.3 Å². The van der Waals surface area contributed by atoms with Gasteiger partial charge in [-0.15, -0.1) is 11.3 Å². The van der Waals surface area contributed by atoms with Crippen molar-refractivity contribution in [3.8, 4) is 0 Å². The topological polar surface area (TPSA) is 69.0 Å². The predicted octanol–water partition coefficient (Wildman–Crippen LogP) is 2.56. The van der Waals surface area contributed by atoms with Crippen LogP contribution in [0.15, 0.2) is 11.4 Å². The number of aryl methyl sites for hydroxylation is 2. The van der Waals surface area contributed by atoms with Gasteiger partial charge < -0.3 is 10.1 Å². The average Bonchev–Trinajstić information content (AvgIpc) is 3.22. The molecule has 0 fully saturated rings. The molecule has 1 amide bonds. The zero-order chi connectivity index (χ0) is 16.5. The van der Waals surface area contributed by atoms with Gasteiger partial charge >= 0.3 is 0 Å². The number of fused-ring (bicyclic) bond motifs is 2. The summed E-state index contributed by atoms with van der Waals surface area (Å²) in [5.74, 6) is 1.78. The third-order valence-corrected chi connectivity index (χ3v) is 5.76. The van der Waals surface area contributed by atoms with Crippen molar-refractivity contribution in [1.29, 1.82) is 0 Å². The fraction of sp³-hybridized carbons (Fsp3) is 0.588. The van der Waals surface area contributed by atoms with Crippen LogP contribution >= 0.6 is 11.3 Å². The number of rotatable bonds is 4. The Morgan fingerprint density at radius 2 is 2.46 bits per heavy atom. The Hall–Kier alpha value is -1.73. The second kappa shape index (κ2) is 6.64. The van der Waals surface area contributed by atoms with Gasteiger partial charge in [0.25, 0.3) is 0 Å². The Balaban J connectivity index is 1.44. The largest absolute Gasteiger partial charge is 0.372 e. The first-order chi connectivity index (χ1) is 11.7. The summed E-state index contributed by atoms with van der Waals surface area (Å²) in [4.78, 5) is 18.3. The molecular formula is C17H22N4O2S. The van der Waals surface area contributed by atoms with Gasteiger partial charge in [-0.3, -0.25) is 4.79 Å². The fourth-order valence-electron chi connectivity index (χ4n) is 3.48. The number of ether oxygens (including phenoxy) is 1. The van der Waals surface area contributed by atoms with E-state index in [1.807, 2.05) is 11.6 Å². The van der Waals surface area contributed by atoms with Crippen molar-refractivity contribution < 1.29 is 9.53 Å². The molecule has 6 nitrogen and oxygen atoms in total. The van der Waals surface area contributed by atoms with E-state index in [-0.39, 0.29) is 18.1 Å². The highest BCUT2D eigenvalue weighted by Gasteiger charge is 2.28. The van der Waals surface area contributed by atoms with Gasteiger partial charge in [-0.1, -0.05) is 6.92 Å². The van der Waals surface area contributed by atoms with Gasteiger partial charge in [-0.2, -0.15) is 5.10 Å². The predicted molar refractivity (Wildman–Crippen MR) is 90.9 cm³/mol. The van der Waals surface area contributed by atoms with Crippen molar-refractivity contribution >= 4 is 17.2 Å². The molecule has 0 unspecified atom stereocenters. The van der Waals surface area contributed by atoms with Crippen molar-refractivity contribution in [2.45, 2.75) is 57.7 Å². The number of nitrogens with one attached hydrogen (secondary N) is 1. The van der Waals surface area contributed by atoms with Crippen LogP contribution in [0.25, 0.3) is 0 Å². The molecule has 24 heavy (non-hydrogen) atoms. The summed E-state index contributed by atoms with van der Waals surface area (Å²) in [6.07, 6.45) is 3.96. The minimum atomic E-state index is -0.110. The Bertz CT molecular complexity index is 739. The van der Waals surface area contributed by atoms with E-state index in [0.717, 1.165) is 43.9 Å². The van der Waals surface area contributed by atoms with Crippen LogP contribution in [-0.2, 0) is 28.9 Å². The summed E-state index contributed by atoms with van der Waals surface area (Å²) in [5, 5.41) is 9.73. The standard InChI is InChI=1S/C17H22N4O2S/c1-2-14-19-17-12(4-3-7-21(17)20-14)18-15(22)10-13-16-11(5-8-23-13)6-9-24-16/h6,9,12-13H,2-5,7-8,10H2,1H3,(H,18,22)/t12-,13-/m1/s1. The first-order valence-electron chi connectivity index (χ1n) is 8.65. The number of hydrogen-bond donors (Lipinski definition) is 1. The SMILES string of the molecule is CCc1nc2n(n1)CCC[C@H]2NC(=O)C[C@H]1OCCc2ccsc21. The van der Waals surface area contributed by atoms with E-state index in [1.54, 1.807) is 11.3 Å². The van der Waals surface area contributed by atoms with Crippen LogP contribution in [0, 0.1) is 0 Å². The molecule has 1 N–H and O–H groups in total. The normalized spacial score (nSPS) is 22.7. The number of amides is 1. The van der Waals surface area contributed by atoms with Crippen LogP contribution < -0.4 is 5.32 Å². The summed E-state index contributed by atoms with van der Waals surface area (Å²) >= 11 is 1.68. The van der Waals surface area contributed by atoms with Crippen molar-refractivity contribution in [3.05, 3.63) is 33.5 Å². The molecule has 0 spiro atoms. The quantitative estimate of drug-likeness (QED) is 0.924. The minimum Gasteiger partial charge on any atom is -0.372 e. The molecule has 2 aliphatic heterocycles. The molecule has 0 aromatic carbocycles. The first-order valence-corrected chi connectivity index (χ1v) is 9.53. The number of hydrogen-bond acceptors (Lipinski definition) is 5. The van der Waals surface area contributed by atoms with E-state index in [2.05, 4.69) is 26.8 Å². The Morgan fingerprint density at radius 3 is 3.33 bits per heavy atom. The van der Waals surface area contributed by atoms with Gasteiger partial charge in [0.05, 0.1) is 19.1 Å². The molecule has 2 aromatic heterocycles. The summed E-state index contributed by atoms with van der Waals surface area (Å²) in [5.41, 5.74) is 1.33. The molecule has 2 atom stereocenters. The molecule has 0 saturated heterocycles. The lowest BCUT2D eigenvalue weighted by molar-refractivity contribution is -0.125. The highest BCUT2D eigenvalue weighted by Crippen LogP contribution is 2.34. The summed E-state index contributed by atoms with van der Waals surface area (Å²) in [6, 6.07) is 2.11. The molecule has 4 rings (SSSR count). The molecule has 2 aliphatic rings. The zero-order valence-electron chi connectivity index (χ0n) is 13.8. The third-order valence-electron chi connectivity index (χ3n) is 4.70. The van der Waals surface area contributed by atoms with E-state index in [4.69, 9.17) is 4.74 Å². The summed E-state index contributed by atoms with van der Waals surface area (Å²) in [7, 11) is 0. The maximum atomic E-state index is 12.6. The molecule has 0 saturated carbocycles. The smallest absolute Gasteiger partial charge is 0.223 e. The van der Waals surface area contributed by atoms with Gasteiger partial charge in [-0.05, 0) is 36.3 Å². The van der Waals surface area contributed by atoms with Crippen LogP contribution in [0.4, 0.5) is 0 Å². The van der Waals surface area contributed by atoms with E-state index in [0.29, 0.717) is 13.0 Å². The summed E-state index contributed by atoms with van der Waals surface area (Å²) < 4.78 is 7.78. The van der Waals surface area contributed by atoms with Gasteiger partial charge in [0, 0.05) is 17.8 Å². The van der Waals surface area contributed by atoms with Crippen molar-refractivity contribution in [3.63, 3.8) is 0 Å². The molecule has 7 heteroatoms. The Kier molecular flexibility index (Phi) is 4.37.